The molecule has 0 radical (unpaired) electrons. The maximum absolute atomic E-state index is 12.3. The third-order valence-electron chi connectivity index (χ3n) is 3.98. The van der Waals surface area contributed by atoms with Crippen LogP contribution in [0.4, 0.5) is 5.69 Å². The van der Waals surface area contributed by atoms with Crippen molar-refractivity contribution in [1.29, 1.82) is 0 Å². The summed E-state index contributed by atoms with van der Waals surface area (Å²) in [5.74, 6) is 0.707. The minimum atomic E-state index is -0.118. The van der Waals surface area contributed by atoms with Crippen LogP contribution in [0.2, 0.25) is 0 Å². The number of aryl methyl sites for hydroxylation is 2. The van der Waals surface area contributed by atoms with E-state index in [1.165, 1.54) is 0 Å². The molecule has 0 bridgehead atoms. The van der Waals surface area contributed by atoms with Gasteiger partial charge in [-0.2, -0.15) is 5.10 Å². The molecule has 1 amide bonds. The summed E-state index contributed by atoms with van der Waals surface area (Å²) >= 11 is 0. The van der Waals surface area contributed by atoms with E-state index in [2.05, 4.69) is 10.4 Å². The van der Waals surface area contributed by atoms with Gasteiger partial charge in [-0.3, -0.25) is 9.48 Å². The van der Waals surface area contributed by atoms with Crippen molar-refractivity contribution in [3.05, 3.63) is 47.0 Å². The number of nitrogens with one attached hydrogen (secondary N) is 1. The highest BCUT2D eigenvalue weighted by atomic mass is 16.3. The molecular formula is C17H19N3O2. The van der Waals surface area contributed by atoms with Gasteiger partial charge < -0.3 is 9.73 Å². The van der Waals surface area contributed by atoms with Gasteiger partial charge >= 0.3 is 0 Å². The van der Waals surface area contributed by atoms with Crippen molar-refractivity contribution in [3.63, 3.8) is 0 Å². The topological polar surface area (TPSA) is 60.1 Å². The zero-order valence-electron chi connectivity index (χ0n) is 13.2. The number of hydrogen-bond acceptors (Lipinski definition) is 3. The number of benzene rings is 1. The lowest BCUT2D eigenvalue weighted by Crippen LogP contribution is -2.20. The van der Waals surface area contributed by atoms with Gasteiger partial charge in [0.15, 0.2) is 5.58 Å². The molecule has 0 spiro atoms. The zero-order valence-corrected chi connectivity index (χ0v) is 13.2. The van der Waals surface area contributed by atoms with Crippen LogP contribution >= 0.6 is 0 Å². The van der Waals surface area contributed by atoms with Crippen LogP contribution in [0.25, 0.3) is 11.0 Å². The molecule has 114 valence electrons. The fraction of sp³-hybridized carbons (Fsp3) is 0.294. The van der Waals surface area contributed by atoms with Crippen LogP contribution < -0.4 is 5.32 Å². The van der Waals surface area contributed by atoms with Crippen molar-refractivity contribution in [2.75, 3.05) is 5.32 Å². The maximum atomic E-state index is 12.3. The lowest BCUT2D eigenvalue weighted by molar-refractivity contribution is -0.116. The Kier molecular flexibility index (Phi) is 3.48. The van der Waals surface area contributed by atoms with E-state index in [-0.39, 0.29) is 12.5 Å². The molecule has 1 N–H and O–H groups in total. The van der Waals surface area contributed by atoms with Crippen molar-refractivity contribution in [2.24, 2.45) is 0 Å². The second-order valence-corrected chi connectivity index (χ2v) is 5.58. The lowest BCUT2D eigenvalue weighted by Gasteiger charge is -2.07. The van der Waals surface area contributed by atoms with Crippen LogP contribution in [0.5, 0.6) is 0 Å². The molecule has 0 atom stereocenters. The summed E-state index contributed by atoms with van der Waals surface area (Å²) in [4.78, 5) is 12.3. The summed E-state index contributed by atoms with van der Waals surface area (Å²) in [6, 6.07) is 7.66. The highest BCUT2D eigenvalue weighted by Gasteiger charge is 2.13. The Morgan fingerprint density at radius 3 is 2.73 bits per heavy atom. The van der Waals surface area contributed by atoms with Crippen LogP contribution in [0.15, 0.2) is 28.7 Å². The third-order valence-corrected chi connectivity index (χ3v) is 3.98. The second-order valence-electron chi connectivity index (χ2n) is 5.58. The number of fused-ring (bicyclic) bond motifs is 1. The first-order valence-electron chi connectivity index (χ1n) is 7.25. The molecule has 0 saturated heterocycles. The Bertz CT molecular complexity index is 858. The van der Waals surface area contributed by atoms with Crippen molar-refractivity contribution in [3.8, 4) is 0 Å². The predicted molar refractivity (Wildman–Crippen MR) is 86.0 cm³/mol. The monoisotopic (exact) mass is 297 g/mol. The Hall–Kier alpha value is -2.56. The van der Waals surface area contributed by atoms with Crippen molar-refractivity contribution in [2.45, 2.75) is 34.2 Å². The van der Waals surface area contributed by atoms with Crippen LogP contribution in [-0.4, -0.2) is 15.7 Å². The number of nitrogens with zero attached hydrogens (tertiary/aromatic N) is 2. The Balaban J connectivity index is 1.82. The quantitative estimate of drug-likeness (QED) is 0.805. The molecule has 3 aromatic rings. The zero-order chi connectivity index (χ0) is 15.9. The number of anilines is 1. The second kappa shape index (κ2) is 5.33. The Labute approximate surface area is 128 Å². The van der Waals surface area contributed by atoms with E-state index in [9.17, 15) is 4.79 Å². The van der Waals surface area contributed by atoms with Crippen LogP contribution in [0, 0.1) is 27.7 Å². The minimum absolute atomic E-state index is 0.118. The number of aromatic nitrogens is 2. The molecule has 2 aromatic heterocycles. The van der Waals surface area contributed by atoms with Gasteiger partial charge in [0.2, 0.25) is 5.91 Å². The number of para-hydroxylation sites is 1. The van der Waals surface area contributed by atoms with E-state index in [0.29, 0.717) is 11.3 Å². The first-order valence-corrected chi connectivity index (χ1v) is 7.25. The lowest BCUT2D eigenvalue weighted by atomic mass is 10.2. The molecule has 0 saturated carbocycles. The Morgan fingerprint density at radius 2 is 2.05 bits per heavy atom. The summed E-state index contributed by atoms with van der Waals surface area (Å²) in [5.41, 5.74) is 4.48. The molecule has 0 fully saturated rings. The van der Waals surface area contributed by atoms with E-state index in [0.717, 1.165) is 28.1 Å². The largest absolute Gasteiger partial charge is 0.459 e. The van der Waals surface area contributed by atoms with Gasteiger partial charge in [-0.05, 0) is 45.4 Å². The highest BCUT2D eigenvalue weighted by molar-refractivity contribution is 5.99. The molecule has 0 unspecified atom stereocenters. The number of carbonyl (C=O) groups excluding carboxylic acids is 1. The molecule has 22 heavy (non-hydrogen) atoms. The van der Waals surface area contributed by atoms with Gasteiger partial charge in [0, 0.05) is 11.1 Å². The number of carbonyl (C=O) groups is 1. The molecule has 0 aliphatic carbocycles. The minimum Gasteiger partial charge on any atom is -0.459 e. The maximum Gasteiger partial charge on any atom is 0.246 e. The fourth-order valence-corrected chi connectivity index (χ4v) is 2.56. The van der Waals surface area contributed by atoms with Crippen molar-refractivity contribution >= 4 is 22.6 Å². The molecule has 0 aliphatic heterocycles. The van der Waals surface area contributed by atoms with Gasteiger partial charge in [0.1, 0.15) is 12.3 Å². The molecule has 2 heterocycles. The van der Waals surface area contributed by atoms with E-state index in [1.54, 1.807) is 4.68 Å². The molecule has 0 aliphatic rings. The molecule has 3 rings (SSSR count). The van der Waals surface area contributed by atoms with Gasteiger partial charge in [-0.15, -0.1) is 0 Å². The van der Waals surface area contributed by atoms with E-state index in [4.69, 9.17) is 4.42 Å². The molecular weight excluding hydrogens is 278 g/mol. The van der Waals surface area contributed by atoms with Crippen molar-refractivity contribution < 1.29 is 9.21 Å². The van der Waals surface area contributed by atoms with Gasteiger partial charge in [-0.25, -0.2) is 0 Å². The average Bonchev–Trinajstić information content (AvgIpc) is 2.95. The summed E-state index contributed by atoms with van der Waals surface area (Å²) in [5, 5.41) is 8.28. The number of rotatable bonds is 3. The van der Waals surface area contributed by atoms with Crippen LogP contribution in [-0.2, 0) is 11.3 Å². The highest BCUT2D eigenvalue weighted by Crippen LogP contribution is 2.26. The number of hydrogen-bond donors (Lipinski definition) is 1. The van der Waals surface area contributed by atoms with Gasteiger partial charge in [0.25, 0.3) is 0 Å². The molecule has 5 nitrogen and oxygen atoms in total. The summed E-state index contributed by atoms with van der Waals surface area (Å²) < 4.78 is 7.39. The average molecular weight is 297 g/mol. The summed E-state index contributed by atoms with van der Waals surface area (Å²) in [6.45, 7) is 8.02. The first kappa shape index (κ1) is 14.4. The SMILES string of the molecule is Cc1cc2cccc(NC(=O)Cn3nc(C)c(C)c3C)c2o1. The first-order chi connectivity index (χ1) is 10.5. The number of amides is 1. The Morgan fingerprint density at radius 1 is 1.27 bits per heavy atom. The van der Waals surface area contributed by atoms with E-state index < -0.39 is 0 Å². The van der Waals surface area contributed by atoms with Gasteiger partial charge in [-0.1, -0.05) is 12.1 Å². The third kappa shape index (κ3) is 2.50. The van der Waals surface area contributed by atoms with Gasteiger partial charge in [0.05, 0.1) is 11.4 Å². The van der Waals surface area contributed by atoms with Crippen LogP contribution in [0.1, 0.15) is 22.7 Å². The molecule has 5 heteroatoms. The van der Waals surface area contributed by atoms with Crippen LogP contribution in [0.3, 0.4) is 0 Å². The number of furan rings is 1. The fourth-order valence-electron chi connectivity index (χ4n) is 2.56. The molecule has 1 aromatic carbocycles. The van der Waals surface area contributed by atoms with E-state index >= 15 is 0 Å². The summed E-state index contributed by atoms with van der Waals surface area (Å²) in [6.07, 6.45) is 0. The standard InChI is InChI=1S/C17H19N3O2/c1-10-8-14-6-5-7-15(17(14)22-10)18-16(21)9-20-13(4)11(2)12(3)19-20/h5-8H,9H2,1-4H3,(H,18,21). The predicted octanol–water partition coefficient (Wildman–Crippen LogP) is 3.50. The van der Waals surface area contributed by atoms with E-state index in [1.807, 2.05) is 52.0 Å². The smallest absolute Gasteiger partial charge is 0.246 e. The normalized spacial score (nSPS) is 11.1. The van der Waals surface area contributed by atoms with Crippen molar-refractivity contribution in [1.82, 2.24) is 9.78 Å². The summed E-state index contributed by atoms with van der Waals surface area (Å²) in [7, 11) is 0.